The third kappa shape index (κ3) is 34.9. The summed E-state index contributed by atoms with van der Waals surface area (Å²) in [5.41, 5.74) is 37.3. The molecule has 0 radical (unpaired) electrons. The Labute approximate surface area is 689 Å². The minimum absolute atomic E-state index is 0.304. The zero-order valence-corrected chi connectivity index (χ0v) is 68.6. The molecule has 28 N–H and O–H groups in total. The molecule has 4 aliphatic rings. The fraction of sp³-hybridized carbons (Fsp3) is 0.487. The van der Waals surface area contributed by atoms with Gasteiger partial charge in [0.2, 0.25) is 95.2 Å². The van der Waals surface area contributed by atoms with E-state index in [0.717, 1.165) is 112 Å². The zero-order valence-electron chi connectivity index (χ0n) is 68.6. The van der Waals surface area contributed by atoms with Crippen LogP contribution in [0.3, 0.4) is 0 Å². The van der Waals surface area contributed by atoms with Crippen LogP contribution in [-0.2, 0) is 26.4 Å². The number of aromatic nitrogens is 24. The van der Waals surface area contributed by atoms with Gasteiger partial charge in [-0.3, -0.25) is 4.57 Å². The van der Waals surface area contributed by atoms with E-state index in [-0.39, 0.29) is 0 Å². The number of nitrogens with two attached hydrogens (primary N) is 6. The summed E-state index contributed by atoms with van der Waals surface area (Å²) in [5, 5.41) is 82.2. The van der Waals surface area contributed by atoms with E-state index in [2.05, 4.69) is 201 Å². The van der Waals surface area contributed by atoms with Crippen molar-refractivity contribution in [2.75, 3.05) is 148 Å². The van der Waals surface area contributed by atoms with E-state index < -0.39 is 0 Å². The highest BCUT2D eigenvalue weighted by molar-refractivity contribution is 5.53. The van der Waals surface area contributed by atoms with Crippen LogP contribution in [0, 0.1) is 23.7 Å². The van der Waals surface area contributed by atoms with E-state index in [1.165, 1.54) is 145 Å². The topological polar surface area (TPSA) is 589 Å². The Bertz CT molecular complexity index is 4500. The molecule has 8 aromatic heterocycles. The minimum Gasteiger partial charge on any atom is -0.368 e. The fourth-order valence-corrected chi connectivity index (χ4v) is 13.3. The number of hydrogen-bond acceptors (Lipinski definition) is 32. The van der Waals surface area contributed by atoms with E-state index in [9.17, 15) is 0 Å². The van der Waals surface area contributed by atoms with Crippen molar-refractivity contribution in [2.45, 2.75) is 154 Å². The average molecular weight is 1620 g/mol. The molecule has 4 aromatic carbocycles. The summed E-state index contributed by atoms with van der Waals surface area (Å²) in [6.07, 6.45) is 30.3. The molecule has 12 aromatic rings. The van der Waals surface area contributed by atoms with Crippen LogP contribution in [0.4, 0.5) is 101 Å². The number of para-hydroxylation sites is 1. The molecule has 0 amide bonds. The Morgan fingerprint density at radius 1 is 0.364 bits per heavy atom. The smallest absolute Gasteiger partial charge is 0.248 e. The first-order valence-corrected chi connectivity index (χ1v) is 41.0. The van der Waals surface area contributed by atoms with Crippen molar-refractivity contribution < 1.29 is 0 Å². The van der Waals surface area contributed by atoms with Crippen LogP contribution in [0.25, 0.3) is 0 Å². The van der Waals surface area contributed by atoms with Crippen molar-refractivity contribution in [1.82, 2.24) is 121 Å². The van der Waals surface area contributed by atoms with Crippen molar-refractivity contribution in [3.05, 3.63) is 138 Å². The van der Waals surface area contributed by atoms with E-state index in [1.807, 2.05) is 118 Å². The highest BCUT2D eigenvalue weighted by Gasteiger charge is 2.18. The van der Waals surface area contributed by atoms with Gasteiger partial charge in [0.05, 0.1) is 0 Å². The van der Waals surface area contributed by atoms with E-state index in [4.69, 9.17) is 34.4 Å². The quantitative estimate of drug-likeness (QED) is 0.0203. The number of anilines is 17. The van der Waals surface area contributed by atoms with Crippen molar-refractivity contribution in [2.24, 2.45) is 30.7 Å². The maximum absolute atomic E-state index is 5.60. The summed E-state index contributed by atoms with van der Waals surface area (Å²) >= 11 is 0. The van der Waals surface area contributed by atoms with Crippen LogP contribution in [0.15, 0.2) is 121 Å². The van der Waals surface area contributed by atoms with Crippen LogP contribution in [0.2, 0.25) is 0 Å². The summed E-state index contributed by atoms with van der Waals surface area (Å²) in [7, 11) is 7.56. The molecule has 0 bridgehead atoms. The summed E-state index contributed by atoms with van der Waals surface area (Å²) in [6, 6.07) is 40.3. The van der Waals surface area contributed by atoms with Crippen LogP contribution < -0.4 is 87.2 Å². The maximum atomic E-state index is 5.60. The van der Waals surface area contributed by atoms with Crippen LogP contribution in [0.5, 0.6) is 0 Å². The van der Waals surface area contributed by atoms with Gasteiger partial charge in [-0.25, -0.2) is 35.7 Å². The Hall–Kier alpha value is -13.2. The number of rotatable bonds is 28. The number of aromatic amines is 7. The summed E-state index contributed by atoms with van der Waals surface area (Å²) < 4.78 is 1.78. The first-order chi connectivity index (χ1) is 57.6. The number of H-pyrrole nitrogens is 7. The summed E-state index contributed by atoms with van der Waals surface area (Å²) in [6.45, 7) is 6.31. The van der Waals surface area contributed by atoms with Gasteiger partial charge in [-0.15, -0.1) is 45.9 Å². The maximum Gasteiger partial charge on any atom is 0.248 e. The molecule has 8 heterocycles. The van der Waals surface area contributed by atoms with Gasteiger partial charge >= 0.3 is 0 Å². The van der Waals surface area contributed by atoms with Crippen molar-refractivity contribution >= 4 is 101 Å². The normalized spacial score (nSPS) is 14.0. The van der Waals surface area contributed by atoms with Gasteiger partial charge < -0.3 is 87.2 Å². The molecule has 4 aliphatic carbocycles. The van der Waals surface area contributed by atoms with Gasteiger partial charge in [0.25, 0.3) is 0 Å². The number of nitrogens with one attached hydrogen (secondary N) is 16. The van der Waals surface area contributed by atoms with Gasteiger partial charge in [-0.05, 0) is 123 Å². The molecule has 0 atom stereocenters. The summed E-state index contributed by atoms with van der Waals surface area (Å²) in [4.78, 5) is 30.2. The van der Waals surface area contributed by atoms with Crippen molar-refractivity contribution in [3.8, 4) is 0 Å². The second-order valence-corrected chi connectivity index (χ2v) is 29.3. The summed E-state index contributed by atoms with van der Waals surface area (Å²) in [5.74, 6) is 11.7. The monoisotopic (exact) mass is 1620 g/mol. The highest BCUT2D eigenvalue weighted by Crippen LogP contribution is 2.27. The lowest BCUT2D eigenvalue weighted by molar-refractivity contribution is 0.372. The first kappa shape index (κ1) is 88.7. The number of hydrogen-bond donors (Lipinski definition) is 22. The van der Waals surface area contributed by atoms with Gasteiger partial charge in [-0.1, -0.05) is 186 Å². The van der Waals surface area contributed by atoms with E-state index in [1.54, 1.807) is 4.57 Å². The standard InChI is InChI=1S/C11H21N5.C11H15N5.2C10H19N5.C10H13N5.C9H17N5.C9H11N5.C8H9N5/c1-16(2)11-13-10(14-15-11)12-8-9-6-4-3-5-7-9;12-10-14-11(16-15-10)13-8-4-7-9-5-2-1-3-6-9;1-15-9(11)13-14-10(15)12-7-8-5-3-2-4-6-8;1-11-9-13-10(15-14-9)12-7-8-5-3-2-4-6-8;11-9-13-10(15-14-9)12-7-6-8-4-2-1-3-5-8;2*10-8-12-9(14-13-8)11-6-7-4-2-1-3-5-7;9-7-11-8(13-12-7)10-6-4-2-1-3-5-6/h9H,3-8H2,1-2H3,(H2,12,13,14,15);1-3,5-6H,4,7-8H2,(H4,12,13,14,15,16);8H,2-7H2,1H3,(H2,11,13)(H,12,14);8H,2-7H2,1H3,(H3,11,12,13,14,15);1-5H,6-7H2,(H4,11,12,13,14,15);7H,1-6H2,(H4,10,11,12,13,14);1-5H,6H2,(H4,10,11,12,13,14);1-5H,(H4,9,10,11,12,13). The largest absolute Gasteiger partial charge is 0.368 e. The zero-order chi connectivity index (χ0) is 83.0. The third-order valence-electron chi connectivity index (χ3n) is 19.7. The molecule has 0 unspecified atom stereocenters. The molecule has 0 saturated heterocycles. The molecular weight excluding hydrogens is 1500 g/mol. The van der Waals surface area contributed by atoms with Crippen molar-refractivity contribution in [1.29, 1.82) is 0 Å². The predicted octanol–water partition coefficient (Wildman–Crippen LogP) is 11.1. The lowest BCUT2D eigenvalue weighted by Gasteiger charge is -2.21. The Morgan fingerprint density at radius 3 is 1.14 bits per heavy atom. The van der Waals surface area contributed by atoms with Gasteiger partial charge in [0.1, 0.15) is 0 Å². The fourth-order valence-electron chi connectivity index (χ4n) is 13.3. The van der Waals surface area contributed by atoms with Crippen LogP contribution in [-0.4, -0.2) is 181 Å². The number of benzene rings is 4. The average Bonchev–Trinajstić information content (AvgIpc) is 1.66. The van der Waals surface area contributed by atoms with Crippen LogP contribution in [0.1, 0.15) is 152 Å². The number of nitrogen functional groups attached to an aromatic ring is 6. The molecular formula is C78H124N40. The van der Waals surface area contributed by atoms with Gasteiger partial charge in [0, 0.05) is 79.7 Å². The Kier molecular flexibility index (Phi) is 38.3. The second kappa shape index (κ2) is 50.9. The third-order valence-corrected chi connectivity index (χ3v) is 19.7. The minimum atomic E-state index is 0.304. The number of aryl methyl sites for hydroxylation is 1. The SMILES string of the molecule is CN(C)c1n[nH]c(NCC2CCCCC2)n1.CNc1n[nH]c(NCC2CCCCC2)n1.Cn1c(N)nnc1NCC1CCCCC1.Nc1nc(NCC2CCCCC2)n[nH]1.Nc1nc(NCCCc2ccccc2)n[nH]1.Nc1nc(NCCc2ccccc2)n[nH]1.Nc1nc(NCc2ccccc2)n[nH]1.Nc1nc(Nc2ccccc2)n[nH]1. The molecule has 0 aliphatic heterocycles. The molecule has 40 nitrogen and oxygen atoms in total. The molecule has 118 heavy (non-hydrogen) atoms. The van der Waals surface area contributed by atoms with Crippen molar-refractivity contribution in [3.63, 3.8) is 0 Å². The van der Waals surface area contributed by atoms with Gasteiger partial charge in [-0.2, -0.15) is 34.9 Å². The van der Waals surface area contributed by atoms with Gasteiger partial charge in [0.15, 0.2) is 0 Å². The van der Waals surface area contributed by atoms with E-state index in [0.29, 0.717) is 77.9 Å². The Morgan fingerprint density at radius 2 is 0.737 bits per heavy atom. The molecule has 40 heteroatoms. The Balaban J connectivity index is 0.000000154. The van der Waals surface area contributed by atoms with Crippen LogP contribution >= 0.6 is 0 Å². The number of nitrogens with zero attached hydrogens (tertiary/aromatic N) is 18. The lowest BCUT2D eigenvalue weighted by atomic mass is 9.89. The molecule has 16 rings (SSSR count). The molecule has 0 spiro atoms. The molecule has 636 valence electrons. The highest BCUT2D eigenvalue weighted by atomic mass is 15.4. The predicted molar refractivity (Wildman–Crippen MR) is 472 cm³/mol. The first-order valence-electron chi connectivity index (χ1n) is 41.0. The molecule has 4 saturated carbocycles. The molecule has 4 fully saturated rings. The second-order valence-electron chi connectivity index (χ2n) is 29.3. The lowest BCUT2D eigenvalue weighted by Crippen LogP contribution is -2.18. The van der Waals surface area contributed by atoms with E-state index >= 15 is 0 Å².